The Morgan fingerprint density at radius 3 is 2.77 bits per heavy atom. The van der Waals surface area contributed by atoms with Crippen LogP contribution in [0.5, 0.6) is 5.75 Å². The molecule has 0 saturated heterocycles. The van der Waals surface area contributed by atoms with Crippen molar-refractivity contribution in [3.05, 3.63) is 77.3 Å². The lowest BCUT2D eigenvalue weighted by Gasteiger charge is -2.05. The second-order valence-electron chi connectivity index (χ2n) is 5.16. The summed E-state index contributed by atoms with van der Waals surface area (Å²) in [5.74, 6) is -0.164. The molecule has 26 heavy (non-hydrogen) atoms. The highest BCUT2D eigenvalue weighted by Gasteiger charge is 2.07. The normalized spacial score (nSPS) is 10.3. The SMILES string of the molecule is C=CCOc1cccc(C=NNC(=O)CNC(=O)c2cccc(Cl)c2)c1. The molecule has 0 spiro atoms. The number of halogens is 1. The Kier molecular flexibility index (Phi) is 7.39. The molecule has 2 aromatic rings. The van der Waals surface area contributed by atoms with Gasteiger partial charge in [-0.05, 0) is 35.9 Å². The summed E-state index contributed by atoms with van der Waals surface area (Å²) < 4.78 is 5.41. The van der Waals surface area contributed by atoms with E-state index in [-0.39, 0.29) is 6.54 Å². The Morgan fingerprint density at radius 2 is 2.00 bits per heavy atom. The van der Waals surface area contributed by atoms with Crippen molar-refractivity contribution < 1.29 is 14.3 Å². The van der Waals surface area contributed by atoms with Crippen LogP contribution in [0.1, 0.15) is 15.9 Å². The molecule has 0 atom stereocenters. The maximum absolute atomic E-state index is 11.9. The number of nitrogens with zero attached hydrogens (tertiary/aromatic N) is 1. The van der Waals surface area contributed by atoms with Crippen molar-refractivity contribution in [1.82, 2.24) is 10.7 Å². The highest BCUT2D eigenvalue weighted by Crippen LogP contribution is 2.12. The minimum absolute atomic E-state index is 0.203. The molecule has 0 unspecified atom stereocenters. The molecular weight excluding hydrogens is 354 g/mol. The van der Waals surface area contributed by atoms with Crippen LogP contribution >= 0.6 is 11.6 Å². The fourth-order valence-electron chi connectivity index (χ4n) is 1.95. The van der Waals surface area contributed by atoms with Gasteiger partial charge < -0.3 is 10.1 Å². The lowest BCUT2D eigenvalue weighted by molar-refractivity contribution is -0.120. The number of nitrogens with one attached hydrogen (secondary N) is 2. The maximum atomic E-state index is 11.9. The van der Waals surface area contributed by atoms with E-state index in [1.54, 1.807) is 30.3 Å². The Balaban J connectivity index is 1.80. The van der Waals surface area contributed by atoms with Crippen molar-refractivity contribution in [3.63, 3.8) is 0 Å². The van der Waals surface area contributed by atoms with Gasteiger partial charge in [-0.25, -0.2) is 5.43 Å². The van der Waals surface area contributed by atoms with Crippen molar-refractivity contribution in [3.8, 4) is 5.75 Å². The molecule has 0 heterocycles. The van der Waals surface area contributed by atoms with Crippen LogP contribution in [0, 0.1) is 0 Å². The molecule has 0 aromatic heterocycles. The Labute approximate surface area is 156 Å². The van der Waals surface area contributed by atoms with E-state index in [0.29, 0.717) is 22.9 Å². The van der Waals surface area contributed by atoms with Gasteiger partial charge in [-0.3, -0.25) is 9.59 Å². The molecule has 0 aliphatic heterocycles. The van der Waals surface area contributed by atoms with E-state index in [1.165, 1.54) is 12.3 Å². The highest BCUT2D eigenvalue weighted by atomic mass is 35.5. The van der Waals surface area contributed by atoms with Crippen molar-refractivity contribution in [1.29, 1.82) is 0 Å². The third-order valence-electron chi connectivity index (χ3n) is 3.13. The van der Waals surface area contributed by atoms with E-state index in [4.69, 9.17) is 16.3 Å². The van der Waals surface area contributed by atoms with Gasteiger partial charge in [0.1, 0.15) is 12.4 Å². The van der Waals surface area contributed by atoms with Crippen molar-refractivity contribution in [2.75, 3.05) is 13.2 Å². The van der Waals surface area contributed by atoms with E-state index in [9.17, 15) is 9.59 Å². The van der Waals surface area contributed by atoms with Crippen LogP contribution in [0.4, 0.5) is 0 Å². The summed E-state index contributed by atoms with van der Waals surface area (Å²) in [7, 11) is 0. The molecule has 7 heteroatoms. The zero-order chi connectivity index (χ0) is 18.8. The van der Waals surface area contributed by atoms with Gasteiger partial charge in [0.25, 0.3) is 11.8 Å². The van der Waals surface area contributed by atoms with Crippen molar-refractivity contribution in [2.45, 2.75) is 0 Å². The number of hydrogen-bond acceptors (Lipinski definition) is 4. The van der Waals surface area contributed by atoms with Gasteiger partial charge >= 0.3 is 0 Å². The molecule has 0 aliphatic carbocycles. The fourth-order valence-corrected chi connectivity index (χ4v) is 2.14. The van der Waals surface area contributed by atoms with Crippen LogP contribution in [0.2, 0.25) is 5.02 Å². The second-order valence-corrected chi connectivity index (χ2v) is 5.59. The summed E-state index contributed by atoms with van der Waals surface area (Å²) in [5.41, 5.74) is 3.48. The van der Waals surface area contributed by atoms with Crippen LogP contribution < -0.4 is 15.5 Å². The molecule has 0 saturated carbocycles. The summed E-state index contributed by atoms with van der Waals surface area (Å²) in [6.07, 6.45) is 3.14. The van der Waals surface area contributed by atoms with Crippen LogP contribution in [0.25, 0.3) is 0 Å². The van der Waals surface area contributed by atoms with E-state index < -0.39 is 11.8 Å². The molecule has 2 N–H and O–H groups in total. The summed E-state index contributed by atoms with van der Waals surface area (Å²) in [5, 5.41) is 6.80. The van der Waals surface area contributed by atoms with Gasteiger partial charge in [-0.1, -0.05) is 42.5 Å². The number of hydrazone groups is 1. The second kappa shape index (κ2) is 10.0. The highest BCUT2D eigenvalue weighted by molar-refractivity contribution is 6.30. The third-order valence-corrected chi connectivity index (χ3v) is 3.36. The average molecular weight is 372 g/mol. The van der Waals surface area contributed by atoms with Gasteiger partial charge in [-0.15, -0.1) is 0 Å². The van der Waals surface area contributed by atoms with Crippen molar-refractivity contribution in [2.24, 2.45) is 5.10 Å². The first-order valence-electron chi connectivity index (χ1n) is 7.78. The van der Waals surface area contributed by atoms with Crippen LogP contribution in [-0.2, 0) is 4.79 Å². The summed E-state index contributed by atoms with van der Waals surface area (Å²) in [6.45, 7) is 3.79. The number of hydrogen-bond donors (Lipinski definition) is 2. The molecule has 0 radical (unpaired) electrons. The largest absolute Gasteiger partial charge is 0.490 e. The number of carbonyl (C=O) groups is 2. The monoisotopic (exact) mass is 371 g/mol. The lowest BCUT2D eigenvalue weighted by Crippen LogP contribution is -2.34. The number of benzene rings is 2. The molecule has 2 rings (SSSR count). The molecular formula is C19H18ClN3O3. The van der Waals surface area contributed by atoms with Crippen LogP contribution in [0.15, 0.2) is 66.3 Å². The molecule has 0 bridgehead atoms. The first kappa shape index (κ1) is 19.2. The van der Waals surface area contributed by atoms with Crippen LogP contribution in [0.3, 0.4) is 0 Å². The number of ether oxygens (including phenoxy) is 1. The molecule has 2 amide bonds. The Bertz CT molecular complexity index is 821. The predicted molar refractivity (Wildman–Crippen MR) is 102 cm³/mol. The van der Waals surface area contributed by atoms with E-state index in [0.717, 1.165) is 5.56 Å². The molecule has 134 valence electrons. The van der Waals surface area contributed by atoms with E-state index >= 15 is 0 Å². The van der Waals surface area contributed by atoms with Gasteiger partial charge in [-0.2, -0.15) is 5.10 Å². The van der Waals surface area contributed by atoms with E-state index in [2.05, 4.69) is 22.4 Å². The zero-order valence-corrected chi connectivity index (χ0v) is 14.7. The maximum Gasteiger partial charge on any atom is 0.259 e. The number of rotatable bonds is 8. The first-order chi connectivity index (χ1) is 12.6. The topological polar surface area (TPSA) is 79.8 Å². The number of carbonyl (C=O) groups excluding carboxylic acids is 2. The first-order valence-corrected chi connectivity index (χ1v) is 8.15. The Morgan fingerprint density at radius 1 is 1.19 bits per heavy atom. The van der Waals surface area contributed by atoms with Crippen LogP contribution in [-0.4, -0.2) is 31.2 Å². The molecule has 0 aliphatic rings. The minimum atomic E-state index is -0.448. The predicted octanol–water partition coefficient (Wildman–Crippen LogP) is 2.78. The van der Waals surface area contributed by atoms with E-state index in [1.807, 2.05) is 18.2 Å². The van der Waals surface area contributed by atoms with Crippen molar-refractivity contribution >= 4 is 29.6 Å². The van der Waals surface area contributed by atoms with Gasteiger partial charge in [0.05, 0.1) is 12.8 Å². The molecule has 6 nitrogen and oxygen atoms in total. The van der Waals surface area contributed by atoms with Gasteiger partial charge in [0, 0.05) is 10.6 Å². The lowest BCUT2D eigenvalue weighted by atomic mass is 10.2. The summed E-state index contributed by atoms with van der Waals surface area (Å²) >= 11 is 5.83. The smallest absolute Gasteiger partial charge is 0.259 e. The fraction of sp³-hybridized carbons (Fsp3) is 0.105. The number of amides is 2. The third kappa shape index (κ3) is 6.41. The minimum Gasteiger partial charge on any atom is -0.490 e. The standard InChI is InChI=1S/C19H18ClN3O3/c1-2-9-26-17-8-3-5-14(10-17)12-22-23-18(24)13-21-19(25)15-6-4-7-16(20)11-15/h2-8,10-12H,1,9,13H2,(H,21,25)(H,23,24). The zero-order valence-electron chi connectivity index (χ0n) is 13.9. The Hall–Kier alpha value is -3.12. The van der Waals surface area contributed by atoms with Gasteiger partial charge in [0.15, 0.2) is 0 Å². The summed E-state index contributed by atoms with van der Waals surface area (Å²) in [6, 6.07) is 13.7. The summed E-state index contributed by atoms with van der Waals surface area (Å²) in [4.78, 5) is 23.7. The molecule has 2 aromatic carbocycles. The quantitative estimate of drug-likeness (QED) is 0.425. The van der Waals surface area contributed by atoms with Gasteiger partial charge in [0.2, 0.25) is 0 Å². The average Bonchev–Trinajstić information content (AvgIpc) is 2.65. The molecule has 0 fully saturated rings.